The zero-order valence-electron chi connectivity index (χ0n) is 6.84. The van der Waals surface area contributed by atoms with E-state index in [9.17, 15) is 0 Å². The highest BCUT2D eigenvalue weighted by atomic mass is 16.5. The molecule has 0 aromatic carbocycles. The molecule has 0 aliphatic heterocycles. The first-order valence-electron chi connectivity index (χ1n) is 3.88. The minimum Gasteiger partial charge on any atom is -0.390 e. The van der Waals surface area contributed by atoms with Crippen molar-refractivity contribution in [2.24, 2.45) is 0 Å². The van der Waals surface area contributed by atoms with Crippen LogP contribution in [0.3, 0.4) is 0 Å². The fraction of sp³-hybridized carbons (Fsp3) is 0.111. The van der Waals surface area contributed by atoms with Gasteiger partial charge in [-0.3, -0.25) is 4.98 Å². The van der Waals surface area contributed by atoms with Gasteiger partial charge in [0.25, 0.3) is 0 Å². The van der Waals surface area contributed by atoms with Gasteiger partial charge in [0, 0.05) is 12.3 Å². The lowest BCUT2D eigenvalue weighted by atomic mass is 10.3. The molecule has 0 fully saturated rings. The quantitative estimate of drug-likeness (QED) is 0.747. The molecule has 66 valence electrons. The lowest BCUT2D eigenvalue weighted by Crippen LogP contribution is -1.79. The van der Waals surface area contributed by atoms with Crippen molar-refractivity contribution < 1.29 is 9.63 Å². The predicted octanol–water partition coefficient (Wildman–Crippen LogP) is 1.23. The summed E-state index contributed by atoms with van der Waals surface area (Å²) >= 11 is 0. The van der Waals surface area contributed by atoms with E-state index >= 15 is 0 Å². The Hall–Kier alpha value is -1.68. The van der Waals surface area contributed by atoms with Crippen LogP contribution in [0.15, 0.2) is 35.0 Å². The van der Waals surface area contributed by atoms with Crippen LogP contribution >= 0.6 is 0 Å². The van der Waals surface area contributed by atoms with Gasteiger partial charge >= 0.3 is 0 Å². The Morgan fingerprint density at radius 2 is 2.31 bits per heavy atom. The van der Waals surface area contributed by atoms with Crippen LogP contribution in [0.1, 0.15) is 5.69 Å². The first-order chi connectivity index (χ1) is 6.40. The molecule has 0 unspecified atom stereocenters. The summed E-state index contributed by atoms with van der Waals surface area (Å²) in [4.78, 5) is 4.08. The fourth-order valence-electron chi connectivity index (χ4n) is 1.02. The molecule has 0 saturated carbocycles. The van der Waals surface area contributed by atoms with E-state index in [1.807, 2.05) is 18.2 Å². The highest BCUT2D eigenvalue weighted by molar-refractivity contribution is 5.51. The van der Waals surface area contributed by atoms with Gasteiger partial charge in [0.15, 0.2) is 5.76 Å². The molecule has 0 radical (unpaired) electrons. The molecule has 2 aromatic heterocycles. The van der Waals surface area contributed by atoms with Crippen molar-refractivity contribution in [3.63, 3.8) is 0 Å². The van der Waals surface area contributed by atoms with Crippen molar-refractivity contribution in [3.8, 4) is 11.5 Å². The van der Waals surface area contributed by atoms with Crippen LogP contribution in [0.2, 0.25) is 0 Å². The van der Waals surface area contributed by atoms with Crippen molar-refractivity contribution >= 4 is 0 Å². The van der Waals surface area contributed by atoms with E-state index in [4.69, 9.17) is 9.63 Å². The molecule has 4 heteroatoms. The standard InChI is InChI=1S/C9H8N2O2/c12-6-7-5-9(13-11-7)8-3-1-2-4-10-8/h1-5,12H,6H2. The van der Waals surface area contributed by atoms with Gasteiger partial charge in [0.05, 0.1) is 6.61 Å². The van der Waals surface area contributed by atoms with Crippen LogP contribution in [0.25, 0.3) is 11.5 Å². The van der Waals surface area contributed by atoms with Gasteiger partial charge in [-0.05, 0) is 12.1 Å². The highest BCUT2D eigenvalue weighted by Crippen LogP contribution is 2.16. The van der Waals surface area contributed by atoms with Crippen LogP contribution < -0.4 is 0 Å². The molecule has 0 amide bonds. The summed E-state index contributed by atoms with van der Waals surface area (Å²) in [7, 11) is 0. The van der Waals surface area contributed by atoms with Crippen LogP contribution in [-0.4, -0.2) is 15.2 Å². The molecule has 0 aliphatic carbocycles. The Morgan fingerprint density at radius 3 is 2.92 bits per heavy atom. The smallest absolute Gasteiger partial charge is 0.185 e. The zero-order valence-corrected chi connectivity index (χ0v) is 6.84. The molecule has 0 spiro atoms. The number of aromatic nitrogens is 2. The monoisotopic (exact) mass is 176 g/mol. The Kier molecular flexibility index (Phi) is 2.06. The van der Waals surface area contributed by atoms with E-state index < -0.39 is 0 Å². The number of pyridine rings is 1. The number of aliphatic hydroxyl groups is 1. The summed E-state index contributed by atoms with van der Waals surface area (Å²) in [6.07, 6.45) is 1.68. The van der Waals surface area contributed by atoms with Crippen molar-refractivity contribution in [3.05, 3.63) is 36.2 Å². The molecular weight excluding hydrogens is 168 g/mol. The Labute approximate surface area is 74.8 Å². The number of hydrogen-bond acceptors (Lipinski definition) is 4. The average molecular weight is 176 g/mol. The first kappa shape index (κ1) is 7.94. The third-order valence-corrected chi connectivity index (χ3v) is 1.64. The van der Waals surface area contributed by atoms with E-state index in [0.29, 0.717) is 11.5 Å². The van der Waals surface area contributed by atoms with Crippen molar-refractivity contribution in [2.75, 3.05) is 0 Å². The maximum absolute atomic E-state index is 8.75. The summed E-state index contributed by atoms with van der Waals surface area (Å²) in [5, 5.41) is 12.4. The summed E-state index contributed by atoms with van der Waals surface area (Å²) in [5.74, 6) is 0.574. The fourth-order valence-corrected chi connectivity index (χ4v) is 1.02. The largest absolute Gasteiger partial charge is 0.390 e. The molecule has 1 N–H and O–H groups in total. The average Bonchev–Trinajstić information content (AvgIpc) is 2.67. The Bertz CT molecular complexity index is 384. The molecule has 2 heterocycles. The van der Waals surface area contributed by atoms with Gasteiger partial charge in [-0.2, -0.15) is 0 Å². The van der Waals surface area contributed by atoms with E-state index in [0.717, 1.165) is 5.69 Å². The van der Waals surface area contributed by atoms with Crippen molar-refractivity contribution in [2.45, 2.75) is 6.61 Å². The Balaban J connectivity index is 2.36. The van der Waals surface area contributed by atoms with Gasteiger partial charge < -0.3 is 9.63 Å². The second kappa shape index (κ2) is 3.37. The highest BCUT2D eigenvalue weighted by Gasteiger charge is 2.05. The van der Waals surface area contributed by atoms with Crippen LogP contribution in [0.5, 0.6) is 0 Å². The summed E-state index contributed by atoms with van der Waals surface area (Å²) in [5.41, 5.74) is 1.23. The number of rotatable bonds is 2. The van der Waals surface area contributed by atoms with Gasteiger partial charge in [0.1, 0.15) is 11.4 Å². The van der Waals surface area contributed by atoms with Crippen LogP contribution in [-0.2, 0) is 6.61 Å². The molecule has 0 bridgehead atoms. The third kappa shape index (κ3) is 1.57. The number of nitrogens with zero attached hydrogens (tertiary/aromatic N) is 2. The predicted molar refractivity (Wildman–Crippen MR) is 45.7 cm³/mol. The molecule has 0 atom stereocenters. The second-order valence-corrected chi connectivity index (χ2v) is 2.56. The maximum atomic E-state index is 8.75. The lowest BCUT2D eigenvalue weighted by molar-refractivity contribution is 0.267. The van der Waals surface area contributed by atoms with E-state index in [-0.39, 0.29) is 6.61 Å². The Morgan fingerprint density at radius 1 is 1.38 bits per heavy atom. The zero-order chi connectivity index (χ0) is 9.10. The molecule has 13 heavy (non-hydrogen) atoms. The molecule has 2 rings (SSSR count). The maximum Gasteiger partial charge on any atom is 0.185 e. The topological polar surface area (TPSA) is 59.2 Å². The van der Waals surface area contributed by atoms with E-state index in [1.54, 1.807) is 12.3 Å². The minimum atomic E-state index is -0.115. The normalized spacial score (nSPS) is 10.2. The van der Waals surface area contributed by atoms with E-state index in [1.165, 1.54) is 0 Å². The number of aliphatic hydroxyl groups excluding tert-OH is 1. The van der Waals surface area contributed by atoms with Gasteiger partial charge in [0.2, 0.25) is 0 Å². The molecule has 0 aliphatic rings. The number of hydrogen-bond donors (Lipinski definition) is 1. The summed E-state index contributed by atoms with van der Waals surface area (Å²) in [6, 6.07) is 7.18. The van der Waals surface area contributed by atoms with Crippen LogP contribution in [0, 0.1) is 0 Å². The van der Waals surface area contributed by atoms with Crippen LogP contribution in [0.4, 0.5) is 0 Å². The minimum absolute atomic E-state index is 0.115. The van der Waals surface area contributed by atoms with Gasteiger partial charge in [-0.25, -0.2) is 0 Å². The second-order valence-electron chi connectivity index (χ2n) is 2.56. The van der Waals surface area contributed by atoms with Gasteiger partial charge in [-0.1, -0.05) is 11.2 Å². The SMILES string of the molecule is OCc1cc(-c2ccccn2)on1. The molecule has 2 aromatic rings. The van der Waals surface area contributed by atoms with E-state index in [2.05, 4.69) is 10.1 Å². The summed E-state index contributed by atoms with van der Waals surface area (Å²) < 4.78 is 4.97. The summed E-state index contributed by atoms with van der Waals surface area (Å²) in [6.45, 7) is -0.115. The molecule has 0 saturated heterocycles. The van der Waals surface area contributed by atoms with Crippen molar-refractivity contribution in [1.29, 1.82) is 0 Å². The lowest BCUT2D eigenvalue weighted by Gasteiger charge is -1.90. The van der Waals surface area contributed by atoms with Gasteiger partial charge in [-0.15, -0.1) is 0 Å². The third-order valence-electron chi connectivity index (χ3n) is 1.64. The molecular formula is C9H8N2O2. The molecule has 4 nitrogen and oxygen atoms in total. The first-order valence-corrected chi connectivity index (χ1v) is 3.88. The van der Waals surface area contributed by atoms with Crippen molar-refractivity contribution in [1.82, 2.24) is 10.1 Å².